The van der Waals surface area contributed by atoms with Gasteiger partial charge in [0.15, 0.2) is 0 Å². The molecule has 4 aliphatic carbocycles. The summed E-state index contributed by atoms with van der Waals surface area (Å²) in [7, 11) is 0. The van der Waals surface area contributed by atoms with Gasteiger partial charge in [0.05, 0.1) is 0 Å². The van der Waals surface area contributed by atoms with Gasteiger partial charge >= 0.3 is 0 Å². The molecule has 4 bridgehead atoms. The average Bonchev–Trinajstić information content (AvgIpc) is 2.91. The number of nitrogens with zero attached hydrogens (tertiary/aromatic N) is 1. The highest BCUT2D eigenvalue weighted by Gasteiger charge is 2.64. The molecule has 1 heterocycles. The Labute approximate surface area is 141 Å². The Hall–Kier alpha value is -0.820. The molecule has 1 saturated heterocycles. The summed E-state index contributed by atoms with van der Waals surface area (Å²) in [5, 5.41) is 0. The number of hydrogen-bond acceptors (Lipinski definition) is 1. The Morgan fingerprint density at radius 1 is 1.00 bits per heavy atom. The average molecular weight is 309 g/mol. The van der Waals surface area contributed by atoms with Crippen molar-refractivity contribution in [1.82, 2.24) is 4.90 Å². The molecule has 6 rings (SSSR count). The van der Waals surface area contributed by atoms with Crippen LogP contribution in [0, 0.1) is 24.2 Å². The van der Waals surface area contributed by atoms with Gasteiger partial charge < -0.3 is 4.90 Å². The van der Waals surface area contributed by atoms with E-state index in [4.69, 9.17) is 0 Å². The fourth-order valence-corrected chi connectivity index (χ4v) is 7.13. The molecule has 0 spiro atoms. The second-order valence-corrected chi connectivity index (χ2v) is 9.43. The maximum Gasteiger partial charge on any atom is 0.00411 e. The number of piperidine rings is 1. The fraction of sp³-hybridized carbons (Fsp3) is 0.727. The lowest BCUT2D eigenvalue weighted by Crippen LogP contribution is -2.42. The van der Waals surface area contributed by atoms with Crippen LogP contribution in [-0.4, -0.2) is 24.5 Å². The summed E-state index contributed by atoms with van der Waals surface area (Å²) in [4.78, 5) is 2.83. The first kappa shape index (κ1) is 14.5. The number of hydrogen-bond donors (Lipinski definition) is 0. The zero-order chi connectivity index (χ0) is 15.5. The van der Waals surface area contributed by atoms with Crippen LogP contribution in [0.5, 0.6) is 0 Å². The maximum atomic E-state index is 2.83. The fourth-order valence-electron chi connectivity index (χ4n) is 7.13. The summed E-state index contributed by atoms with van der Waals surface area (Å²) in [6.07, 6.45) is 11.9. The Kier molecular flexibility index (Phi) is 3.21. The van der Waals surface area contributed by atoms with Gasteiger partial charge in [-0.3, -0.25) is 0 Å². The highest BCUT2D eigenvalue weighted by atomic mass is 15.1. The van der Waals surface area contributed by atoms with Gasteiger partial charge in [0.2, 0.25) is 0 Å². The first-order valence-corrected chi connectivity index (χ1v) is 9.97. The number of benzene rings is 1. The zero-order valence-corrected chi connectivity index (χ0v) is 14.7. The van der Waals surface area contributed by atoms with Crippen molar-refractivity contribution in [1.29, 1.82) is 0 Å². The predicted molar refractivity (Wildman–Crippen MR) is 95.6 cm³/mol. The molecule has 4 unspecified atom stereocenters. The Morgan fingerprint density at radius 3 is 2.57 bits per heavy atom. The lowest BCUT2D eigenvalue weighted by atomic mass is 9.63. The SMILES string of the molecule is Cc1ccc(C23CC4CC(C2)C(CN2CCCCC2)(C4)C3)cc1. The number of likely N-dealkylation sites (tertiary alicyclic amines) is 1. The summed E-state index contributed by atoms with van der Waals surface area (Å²) >= 11 is 0. The van der Waals surface area contributed by atoms with Gasteiger partial charge in [-0.25, -0.2) is 0 Å². The van der Waals surface area contributed by atoms with Crippen molar-refractivity contribution in [3.63, 3.8) is 0 Å². The van der Waals surface area contributed by atoms with Crippen molar-refractivity contribution >= 4 is 0 Å². The summed E-state index contributed by atoms with van der Waals surface area (Å²) in [5.74, 6) is 2.04. The van der Waals surface area contributed by atoms with E-state index in [9.17, 15) is 0 Å². The topological polar surface area (TPSA) is 3.24 Å². The first-order valence-electron chi connectivity index (χ1n) is 9.97. The lowest BCUT2D eigenvalue weighted by Gasteiger charge is -2.43. The molecule has 1 aromatic rings. The van der Waals surface area contributed by atoms with Gasteiger partial charge in [0, 0.05) is 6.54 Å². The molecule has 0 amide bonds. The molecular weight excluding hydrogens is 278 g/mol. The third-order valence-corrected chi connectivity index (χ3v) is 7.84. The van der Waals surface area contributed by atoms with Crippen molar-refractivity contribution in [2.75, 3.05) is 19.6 Å². The Balaban J connectivity index is 1.43. The molecule has 1 aliphatic heterocycles. The number of rotatable bonds is 3. The monoisotopic (exact) mass is 309 g/mol. The minimum atomic E-state index is 0.537. The van der Waals surface area contributed by atoms with Crippen molar-refractivity contribution < 1.29 is 0 Å². The van der Waals surface area contributed by atoms with Crippen LogP contribution in [0.3, 0.4) is 0 Å². The largest absolute Gasteiger partial charge is 0.303 e. The highest BCUT2D eigenvalue weighted by Crippen LogP contribution is 2.70. The molecule has 0 N–H and O–H groups in total. The van der Waals surface area contributed by atoms with Crippen LogP contribution in [0.15, 0.2) is 24.3 Å². The first-order chi connectivity index (χ1) is 11.2. The van der Waals surface area contributed by atoms with Crippen molar-refractivity contribution in [2.24, 2.45) is 17.3 Å². The van der Waals surface area contributed by atoms with Crippen LogP contribution < -0.4 is 0 Å². The molecule has 4 saturated carbocycles. The van der Waals surface area contributed by atoms with Crippen LogP contribution in [0.4, 0.5) is 0 Å². The maximum absolute atomic E-state index is 2.83. The molecule has 0 radical (unpaired) electrons. The van der Waals surface area contributed by atoms with Crippen LogP contribution in [-0.2, 0) is 5.41 Å². The molecule has 5 fully saturated rings. The van der Waals surface area contributed by atoms with E-state index in [0.29, 0.717) is 10.8 Å². The van der Waals surface area contributed by atoms with E-state index < -0.39 is 0 Å². The van der Waals surface area contributed by atoms with E-state index in [1.807, 2.05) is 0 Å². The van der Waals surface area contributed by atoms with Gasteiger partial charge in [0.25, 0.3) is 0 Å². The molecule has 1 aromatic carbocycles. The number of aryl methyl sites for hydroxylation is 1. The second-order valence-electron chi connectivity index (χ2n) is 9.43. The molecule has 4 atom stereocenters. The predicted octanol–water partition coefficient (Wildman–Crippen LogP) is 4.93. The third kappa shape index (κ3) is 2.22. The summed E-state index contributed by atoms with van der Waals surface area (Å²) < 4.78 is 0. The normalized spacial score (nSPS) is 42.5. The van der Waals surface area contributed by atoms with Crippen LogP contribution in [0.1, 0.15) is 62.5 Å². The van der Waals surface area contributed by atoms with E-state index in [1.54, 1.807) is 18.4 Å². The summed E-state index contributed by atoms with van der Waals surface area (Å²) in [5.41, 5.74) is 4.28. The molecule has 1 nitrogen and oxygen atoms in total. The molecule has 23 heavy (non-hydrogen) atoms. The van der Waals surface area contributed by atoms with E-state index in [1.165, 1.54) is 63.7 Å². The van der Waals surface area contributed by atoms with Crippen LogP contribution in [0.25, 0.3) is 0 Å². The zero-order valence-electron chi connectivity index (χ0n) is 14.7. The molecule has 5 aliphatic rings. The van der Waals surface area contributed by atoms with Crippen LogP contribution in [0.2, 0.25) is 0 Å². The van der Waals surface area contributed by atoms with Crippen molar-refractivity contribution in [2.45, 2.75) is 63.7 Å². The van der Waals surface area contributed by atoms with Gasteiger partial charge in [-0.2, -0.15) is 0 Å². The van der Waals surface area contributed by atoms with E-state index >= 15 is 0 Å². The summed E-state index contributed by atoms with van der Waals surface area (Å²) in [6.45, 7) is 6.38. The van der Waals surface area contributed by atoms with E-state index in [0.717, 1.165) is 11.8 Å². The lowest BCUT2D eigenvalue weighted by molar-refractivity contribution is 0.0924. The van der Waals surface area contributed by atoms with Crippen molar-refractivity contribution in [3.05, 3.63) is 35.4 Å². The standard InChI is InChI=1S/C22H31N/c1-17-5-7-19(8-6-17)21-12-18-11-20(14-21)22(13-18,15-21)16-23-9-3-2-4-10-23/h5-8,18,20H,2-4,9-16H2,1H3. The smallest absolute Gasteiger partial charge is 0.00411 e. The molecule has 124 valence electrons. The summed E-state index contributed by atoms with van der Waals surface area (Å²) in [6, 6.07) is 9.60. The van der Waals surface area contributed by atoms with Crippen LogP contribution >= 0.6 is 0 Å². The second kappa shape index (κ2) is 5.09. The van der Waals surface area contributed by atoms with Gasteiger partial charge in [-0.1, -0.05) is 36.2 Å². The molecular formula is C22H31N. The third-order valence-electron chi connectivity index (χ3n) is 7.84. The van der Waals surface area contributed by atoms with Crippen molar-refractivity contribution in [3.8, 4) is 0 Å². The van der Waals surface area contributed by atoms with Gasteiger partial charge in [-0.05, 0) is 93.2 Å². The Morgan fingerprint density at radius 2 is 1.78 bits per heavy atom. The van der Waals surface area contributed by atoms with Gasteiger partial charge in [-0.15, -0.1) is 0 Å². The van der Waals surface area contributed by atoms with E-state index in [2.05, 4.69) is 36.1 Å². The van der Waals surface area contributed by atoms with Gasteiger partial charge in [0.1, 0.15) is 0 Å². The van der Waals surface area contributed by atoms with E-state index in [-0.39, 0.29) is 0 Å². The minimum Gasteiger partial charge on any atom is -0.303 e. The molecule has 1 heteroatoms. The quantitative estimate of drug-likeness (QED) is 0.765. The molecule has 0 aromatic heterocycles. The Bertz CT molecular complexity index is 584. The highest BCUT2D eigenvalue weighted by molar-refractivity contribution is 5.34. The minimum absolute atomic E-state index is 0.537.